The highest BCUT2D eigenvalue weighted by molar-refractivity contribution is 6.00. The lowest BCUT2D eigenvalue weighted by molar-refractivity contribution is -0.135. The third-order valence-electron chi connectivity index (χ3n) is 12.3. The molecule has 3 saturated heterocycles. The molecule has 14 nitrogen and oxygen atoms in total. The first-order valence-corrected chi connectivity index (χ1v) is 20.9. The fourth-order valence-electron chi connectivity index (χ4n) is 8.93. The van der Waals surface area contributed by atoms with Gasteiger partial charge in [0.05, 0.1) is 11.7 Å². The lowest BCUT2D eigenvalue weighted by atomic mass is 9.88. The monoisotopic (exact) mass is 824 g/mol. The van der Waals surface area contributed by atoms with Crippen LogP contribution in [0.4, 0.5) is 16.0 Å². The van der Waals surface area contributed by atoms with Gasteiger partial charge in [-0.15, -0.1) is 0 Å². The van der Waals surface area contributed by atoms with Gasteiger partial charge in [-0.25, -0.2) is 19.2 Å². The lowest BCUT2D eigenvalue weighted by Crippen LogP contribution is -2.43. The van der Waals surface area contributed by atoms with Crippen molar-refractivity contribution in [2.45, 2.75) is 56.9 Å². The Bertz CT molecular complexity index is 2750. The van der Waals surface area contributed by atoms with Crippen LogP contribution in [0.1, 0.15) is 72.8 Å². The average Bonchev–Trinajstić information content (AvgIpc) is 3.61. The molecule has 1 atom stereocenters. The fraction of sp³-hybridized carbons (Fsp3) is 0.326. The second-order valence-corrected chi connectivity index (χ2v) is 16.1. The van der Waals surface area contributed by atoms with Crippen molar-refractivity contribution < 1.29 is 23.2 Å². The second kappa shape index (κ2) is 17.1. The van der Waals surface area contributed by atoms with Gasteiger partial charge in [0.2, 0.25) is 17.8 Å². The molecule has 0 bridgehead atoms. The number of aromatic nitrogens is 4. The zero-order valence-corrected chi connectivity index (χ0v) is 33.5. The molecular formula is C46H45FN8O6. The number of nitrogens with zero attached hydrogens (tertiary/aromatic N) is 6. The Labute approximate surface area is 350 Å². The molecule has 1 unspecified atom stereocenters. The summed E-state index contributed by atoms with van der Waals surface area (Å²) in [7, 11) is 0. The molecule has 61 heavy (non-hydrogen) atoms. The van der Waals surface area contributed by atoms with Gasteiger partial charge in [-0.1, -0.05) is 30.3 Å². The van der Waals surface area contributed by atoms with Crippen molar-refractivity contribution in [2.24, 2.45) is 5.92 Å². The number of rotatable bonds is 10. The maximum Gasteiger partial charge on any atom is 0.420 e. The number of nitrogens with one attached hydrogen (secondary N) is 2. The number of halogens is 1. The number of likely N-dealkylation sites (tertiary alicyclic amines) is 2. The molecule has 0 saturated carbocycles. The van der Waals surface area contributed by atoms with Crippen molar-refractivity contribution in [3.8, 4) is 16.9 Å². The van der Waals surface area contributed by atoms with Crippen LogP contribution < -0.4 is 21.9 Å². The highest BCUT2D eigenvalue weighted by atomic mass is 19.1. The van der Waals surface area contributed by atoms with E-state index in [0.29, 0.717) is 58.5 Å². The molecule has 15 heteroatoms. The summed E-state index contributed by atoms with van der Waals surface area (Å²) in [6.45, 7) is 4.32. The summed E-state index contributed by atoms with van der Waals surface area (Å²) >= 11 is 0. The number of carbonyl (C=O) groups excluding carboxylic acids is 3. The average molecular weight is 825 g/mol. The Morgan fingerprint density at radius 2 is 1.69 bits per heavy atom. The Balaban J connectivity index is 0.753. The van der Waals surface area contributed by atoms with Crippen LogP contribution in [0, 0.1) is 11.7 Å². The quantitative estimate of drug-likeness (QED) is 0.152. The van der Waals surface area contributed by atoms with Crippen LogP contribution in [0.3, 0.4) is 0 Å². The summed E-state index contributed by atoms with van der Waals surface area (Å²) in [6.07, 6.45) is 8.14. The van der Waals surface area contributed by atoms with Gasteiger partial charge in [-0.2, -0.15) is 0 Å². The van der Waals surface area contributed by atoms with E-state index in [2.05, 4.69) is 25.5 Å². The number of fused-ring (bicyclic) bond motifs is 1. The predicted octanol–water partition coefficient (Wildman–Crippen LogP) is 6.18. The summed E-state index contributed by atoms with van der Waals surface area (Å²) in [4.78, 5) is 75.9. The van der Waals surface area contributed by atoms with Crippen molar-refractivity contribution in [1.29, 1.82) is 0 Å². The minimum Gasteiger partial charge on any atom is -0.408 e. The Morgan fingerprint density at radius 1 is 0.869 bits per heavy atom. The zero-order chi connectivity index (χ0) is 42.0. The maximum atomic E-state index is 15.0. The van der Waals surface area contributed by atoms with Crippen molar-refractivity contribution in [2.75, 3.05) is 38.0 Å². The van der Waals surface area contributed by atoms with Crippen LogP contribution >= 0.6 is 0 Å². The number of hydrogen-bond acceptors (Lipinski definition) is 10. The van der Waals surface area contributed by atoms with E-state index in [1.807, 2.05) is 29.2 Å². The van der Waals surface area contributed by atoms with Gasteiger partial charge in [-0.05, 0) is 124 Å². The summed E-state index contributed by atoms with van der Waals surface area (Å²) in [6, 6.07) is 24.0. The summed E-state index contributed by atoms with van der Waals surface area (Å²) < 4.78 is 23.5. The van der Waals surface area contributed by atoms with E-state index in [9.17, 15) is 24.0 Å². The molecule has 3 aromatic heterocycles. The van der Waals surface area contributed by atoms with Crippen LogP contribution in [0.25, 0.3) is 28.0 Å². The standard InChI is InChI=1S/C46H45FN8O6/c47-36-28-48-45(51-42(36)32-5-4-8-35(26-32)54-19-2-1-9-41(54)57)49-34-7-3-6-33(25-34)44(59)53-23-15-29(16-24-53)14-20-52-21-17-30(18-22-52)31-10-11-37-39(27-31)61-46(60)55(37)38-12-13-40(56)50-43(38)58/h1-11,19,25-30,38H,12-18,20-24H2,(H,48,49,51)(H,50,56,58). The van der Waals surface area contributed by atoms with Gasteiger partial charge in [0.25, 0.3) is 11.5 Å². The van der Waals surface area contributed by atoms with Crippen molar-refractivity contribution in [1.82, 2.24) is 34.2 Å². The fourth-order valence-corrected chi connectivity index (χ4v) is 8.93. The molecule has 3 aromatic carbocycles. The van der Waals surface area contributed by atoms with E-state index in [4.69, 9.17) is 4.42 Å². The van der Waals surface area contributed by atoms with Gasteiger partial charge in [0, 0.05) is 54.3 Å². The van der Waals surface area contributed by atoms with Crippen molar-refractivity contribution in [3.63, 3.8) is 0 Å². The third-order valence-corrected chi connectivity index (χ3v) is 12.3. The van der Waals surface area contributed by atoms with Crippen molar-refractivity contribution >= 4 is 40.5 Å². The number of benzene rings is 3. The highest BCUT2D eigenvalue weighted by Crippen LogP contribution is 2.33. The number of imide groups is 1. The van der Waals surface area contributed by atoms with E-state index in [1.54, 1.807) is 60.8 Å². The molecule has 2 N–H and O–H groups in total. The largest absolute Gasteiger partial charge is 0.420 e. The maximum absolute atomic E-state index is 15.0. The van der Waals surface area contributed by atoms with Gasteiger partial charge in [0.15, 0.2) is 11.4 Å². The van der Waals surface area contributed by atoms with Crippen LogP contribution in [0.15, 0.2) is 111 Å². The number of pyridine rings is 1. The van der Waals surface area contributed by atoms with Crippen molar-refractivity contribution in [3.05, 3.63) is 135 Å². The number of hydrogen-bond donors (Lipinski definition) is 2. The van der Waals surface area contributed by atoms with Gasteiger partial charge < -0.3 is 19.5 Å². The number of anilines is 2. The van der Waals surface area contributed by atoms with Crippen LogP contribution in [0.5, 0.6) is 0 Å². The third kappa shape index (κ3) is 8.51. The molecule has 9 rings (SSSR count). The van der Waals surface area contributed by atoms with E-state index in [-0.39, 0.29) is 41.9 Å². The van der Waals surface area contributed by atoms with Crippen LogP contribution in [-0.4, -0.2) is 79.3 Å². The highest BCUT2D eigenvalue weighted by Gasteiger charge is 2.32. The number of oxazole rings is 1. The molecule has 3 aliphatic heterocycles. The van der Waals surface area contributed by atoms with Crippen LogP contribution in [-0.2, 0) is 9.59 Å². The second-order valence-electron chi connectivity index (χ2n) is 16.1. The lowest BCUT2D eigenvalue weighted by Gasteiger charge is -2.35. The van der Waals surface area contributed by atoms with E-state index in [1.165, 1.54) is 15.2 Å². The molecule has 6 aromatic rings. The molecule has 0 spiro atoms. The molecule has 312 valence electrons. The molecule has 3 fully saturated rings. The smallest absolute Gasteiger partial charge is 0.408 e. The normalized spacial score (nSPS) is 18.0. The van der Waals surface area contributed by atoms with Gasteiger partial charge in [-0.3, -0.25) is 33.6 Å². The van der Waals surface area contributed by atoms with E-state index >= 15 is 4.39 Å². The number of amides is 3. The summed E-state index contributed by atoms with van der Waals surface area (Å²) in [5.74, 6) is -1.00. The first-order chi connectivity index (χ1) is 29.7. The Morgan fingerprint density at radius 3 is 2.49 bits per heavy atom. The molecule has 3 amide bonds. The van der Waals surface area contributed by atoms with Gasteiger partial charge in [0.1, 0.15) is 11.7 Å². The minimum atomic E-state index is -0.761. The SMILES string of the molecule is O=C1CCC(n2c(=O)oc3cc(C4CCN(CCC5CCN(C(=O)c6cccc(Nc7ncc(F)c(-c8cccc(-n9ccccc9=O)c8)n7)c6)CC5)CC4)ccc32)C(=O)N1. The van der Waals surface area contributed by atoms with Gasteiger partial charge >= 0.3 is 5.76 Å². The zero-order valence-electron chi connectivity index (χ0n) is 33.5. The topological polar surface area (TPSA) is 165 Å². The van der Waals surface area contributed by atoms with Crippen LogP contribution in [0.2, 0.25) is 0 Å². The Kier molecular flexibility index (Phi) is 11.1. The molecule has 3 aliphatic rings. The van der Waals surface area contributed by atoms with E-state index in [0.717, 1.165) is 63.5 Å². The Hall–Kier alpha value is -6.74. The molecular weight excluding hydrogens is 780 g/mol. The molecule has 6 heterocycles. The van der Waals surface area contributed by atoms with E-state index < -0.39 is 23.5 Å². The predicted molar refractivity (Wildman–Crippen MR) is 226 cm³/mol. The summed E-state index contributed by atoms with van der Waals surface area (Å²) in [5.41, 5.74) is 4.23. The first-order valence-electron chi connectivity index (χ1n) is 20.9. The summed E-state index contributed by atoms with van der Waals surface area (Å²) in [5, 5.41) is 5.45. The molecule has 0 aliphatic carbocycles. The minimum absolute atomic E-state index is 0.0390. The number of piperidine rings is 3. The number of carbonyl (C=O) groups is 3. The first kappa shape index (κ1) is 39.7. The molecule has 0 radical (unpaired) electrons.